The van der Waals surface area contributed by atoms with Crippen molar-refractivity contribution in [2.24, 2.45) is 0 Å². The zero-order chi connectivity index (χ0) is 19.3. The fraction of sp³-hybridized carbons (Fsp3) is 0.316. The summed E-state index contributed by atoms with van der Waals surface area (Å²) in [4.78, 5) is 14.1. The number of nitrogens with one attached hydrogen (secondary N) is 1. The van der Waals surface area contributed by atoms with Gasteiger partial charge in [-0.3, -0.25) is 4.79 Å². The van der Waals surface area contributed by atoms with Crippen molar-refractivity contribution in [3.8, 4) is 16.9 Å². The highest BCUT2D eigenvalue weighted by Gasteiger charge is 2.14. The summed E-state index contributed by atoms with van der Waals surface area (Å²) < 4.78 is 32.5. The molecule has 1 atom stereocenters. The third-order valence-electron chi connectivity index (χ3n) is 3.73. The first-order valence-corrected chi connectivity index (χ1v) is 8.06. The average Bonchev–Trinajstić information content (AvgIpc) is 2.59. The number of aliphatic hydroxyl groups excluding tert-OH is 1. The minimum Gasteiger partial charge on any atom is -0.491 e. The van der Waals surface area contributed by atoms with Gasteiger partial charge in [0.05, 0.1) is 13.2 Å². The Bertz CT molecular complexity index is 758. The molecular formula is C19H22F2N2O3. The Balaban J connectivity index is 2.16. The van der Waals surface area contributed by atoms with Gasteiger partial charge in [0.2, 0.25) is 0 Å². The summed E-state index contributed by atoms with van der Waals surface area (Å²) in [5, 5.41) is 12.4. The lowest BCUT2D eigenvalue weighted by Crippen LogP contribution is -2.37. The number of amides is 1. The molecule has 7 heteroatoms. The minimum atomic E-state index is -0.816. The molecule has 0 bridgehead atoms. The molecule has 0 unspecified atom stereocenters. The molecule has 0 heterocycles. The number of likely N-dealkylation sites (N-methyl/N-ethyl adjacent to an activating group) is 1. The molecule has 2 N–H and O–H groups in total. The maximum atomic E-state index is 13.9. The van der Waals surface area contributed by atoms with Gasteiger partial charge in [-0.05, 0) is 49.5 Å². The highest BCUT2D eigenvalue weighted by Crippen LogP contribution is 2.29. The first-order valence-electron chi connectivity index (χ1n) is 8.06. The van der Waals surface area contributed by atoms with Crippen molar-refractivity contribution in [3.05, 3.63) is 53.6 Å². The van der Waals surface area contributed by atoms with E-state index >= 15 is 0 Å². The average molecular weight is 364 g/mol. The molecule has 2 aromatic carbocycles. The summed E-state index contributed by atoms with van der Waals surface area (Å²) in [6.45, 7) is 0.526. The molecule has 140 valence electrons. The van der Waals surface area contributed by atoms with E-state index in [-0.39, 0.29) is 12.5 Å². The van der Waals surface area contributed by atoms with Gasteiger partial charge in [-0.2, -0.15) is 0 Å². The van der Waals surface area contributed by atoms with Crippen LogP contribution in [-0.4, -0.2) is 56.3 Å². The molecule has 0 saturated heterocycles. The number of aliphatic hydroxyl groups is 1. The first-order chi connectivity index (χ1) is 12.3. The fourth-order valence-electron chi connectivity index (χ4n) is 2.56. The van der Waals surface area contributed by atoms with Crippen LogP contribution in [0, 0.1) is 11.6 Å². The number of nitrogens with zero attached hydrogens (tertiary/aromatic N) is 1. The summed E-state index contributed by atoms with van der Waals surface area (Å²) in [5.41, 5.74) is 1.12. The minimum absolute atomic E-state index is 0.104. The Morgan fingerprint density at radius 3 is 2.42 bits per heavy atom. The molecule has 0 aromatic heterocycles. The standard InChI is InChI=1S/C19H22F2N2O3/c1-23(2)11-15(24)10-22-19(25)13-6-4-5-12(7-13)14-8-16(20)18(26-3)17(21)9-14/h4-9,15,24H,10-11H2,1-3H3,(H,22,25)/t15-/m0/s1. The van der Waals surface area contributed by atoms with E-state index in [0.29, 0.717) is 23.2 Å². The molecular weight excluding hydrogens is 342 g/mol. The first kappa shape index (κ1) is 19.8. The lowest BCUT2D eigenvalue weighted by Gasteiger charge is -2.16. The summed E-state index contributed by atoms with van der Waals surface area (Å²) in [6, 6.07) is 8.71. The second-order valence-corrected chi connectivity index (χ2v) is 6.18. The van der Waals surface area contributed by atoms with Crippen molar-refractivity contribution in [3.63, 3.8) is 0 Å². The van der Waals surface area contributed by atoms with E-state index in [0.717, 1.165) is 12.1 Å². The number of hydrogen-bond acceptors (Lipinski definition) is 4. The van der Waals surface area contributed by atoms with Crippen LogP contribution >= 0.6 is 0 Å². The lowest BCUT2D eigenvalue weighted by atomic mass is 10.0. The summed E-state index contributed by atoms with van der Waals surface area (Å²) in [5.74, 6) is -2.45. The Morgan fingerprint density at radius 1 is 1.19 bits per heavy atom. The summed E-state index contributed by atoms with van der Waals surface area (Å²) in [6.07, 6.45) is -0.693. The van der Waals surface area contributed by atoms with Gasteiger partial charge in [0.1, 0.15) is 0 Å². The van der Waals surface area contributed by atoms with Gasteiger partial charge < -0.3 is 20.1 Å². The zero-order valence-corrected chi connectivity index (χ0v) is 14.9. The quantitative estimate of drug-likeness (QED) is 0.791. The smallest absolute Gasteiger partial charge is 0.251 e. The number of carbonyl (C=O) groups is 1. The van der Waals surface area contributed by atoms with E-state index in [2.05, 4.69) is 10.1 Å². The molecule has 0 saturated carbocycles. The van der Waals surface area contributed by atoms with Crippen LogP contribution in [0.3, 0.4) is 0 Å². The van der Waals surface area contributed by atoms with Crippen molar-refractivity contribution in [2.75, 3.05) is 34.3 Å². The van der Waals surface area contributed by atoms with Crippen molar-refractivity contribution in [2.45, 2.75) is 6.10 Å². The van der Waals surface area contributed by atoms with E-state index < -0.39 is 23.5 Å². The van der Waals surface area contributed by atoms with Crippen LogP contribution in [0.5, 0.6) is 5.75 Å². The van der Waals surface area contributed by atoms with Crippen LogP contribution in [0.4, 0.5) is 8.78 Å². The van der Waals surface area contributed by atoms with Gasteiger partial charge in [-0.1, -0.05) is 12.1 Å². The van der Waals surface area contributed by atoms with Gasteiger partial charge in [0.25, 0.3) is 5.91 Å². The maximum Gasteiger partial charge on any atom is 0.251 e. The summed E-state index contributed by atoms with van der Waals surface area (Å²) in [7, 11) is 4.83. The number of rotatable bonds is 7. The SMILES string of the molecule is COc1c(F)cc(-c2cccc(C(=O)NC[C@H](O)CN(C)C)c2)cc1F. The predicted octanol–water partition coefficient (Wildman–Crippen LogP) is 2.29. The third kappa shape index (κ3) is 5.00. The normalized spacial score (nSPS) is 12.1. The van der Waals surface area contributed by atoms with E-state index in [1.165, 1.54) is 13.2 Å². The lowest BCUT2D eigenvalue weighted by molar-refractivity contribution is 0.0892. The number of carbonyl (C=O) groups excluding carboxylic acids is 1. The molecule has 0 aliphatic rings. The largest absolute Gasteiger partial charge is 0.491 e. The fourth-order valence-corrected chi connectivity index (χ4v) is 2.56. The van der Waals surface area contributed by atoms with Crippen LogP contribution in [0.25, 0.3) is 11.1 Å². The molecule has 5 nitrogen and oxygen atoms in total. The molecule has 26 heavy (non-hydrogen) atoms. The van der Waals surface area contributed by atoms with Gasteiger partial charge in [-0.25, -0.2) is 8.78 Å². The molecule has 0 aliphatic heterocycles. The molecule has 0 radical (unpaired) electrons. The second kappa shape index (κ2) is 8.73. The topological polar surface area (TPSA) is 61.8 Å². The van der Waals surface area contributed by atoms with Crippen LogP contribution in [0.15, 0.2) is 36.4 Å². The Labute approximate surface area is 151 Å². The van der Waals surface area contributed by atoms with Crippen molar-refractivity contribution in [1.82, 2.24) is 10.2 Å². The number of benzene rings is 2. The van der Waals surface area contributed by atoms with Gasteiger partial charge >= 0.3 is 0 Å². The second-order valence-electron chi connectivity index (χ2n) is 6.18. The monoisotopic (exact) mass is 364 g/mol. The van der Waals surface area contributed by atoms with E-state index in [9.17, 15) is 18.7 Å². The highest BCUT2D eigenvalue weighted by atomic mass is 19.1. The molecule has 2 aromatic rings. The molecule has 0 spiro atoms. The van der Waals surface area contributed by atoms with Crippen molar-refractivity contribution >= 4 is 5.91 Å². The summed E-state index contributed by atoms with van der Waals surface area (Å²) >= 11 is 0. The Kier molecular flexibility index (Phi) is 6.65. The number of hydrogen-bond donors (Lipinski definition) is 2. The van der Waals surface area contributed by atoms with Crippen LogP contribution in [-0.2, 0) is 0 Å². The van der Waals surface area contributed by atoms with E-state index in [1.807, 2.05) is 19.0 Å². The van der Waals surface area contributed by atoms with Gasteiger partial charge in [-0.15, -0.1) is 0 Å². The maximum absolute atomic E-state index is 13.9. The number of ether oxygens (including phenoxy) is 1. The van der Waals surface area contributed by atoms with E-state index in [1.54, 1.807) is 18.2 Å². The molecule has 1 amide bonds. The molecule has 0 aliphatic carbocycles. The molecule has 2 rings (SSSR count). The van der Waals surface area contributed by atoms with Crippen molar-refractivity contribution in [1.29, 1.82) is 0 Å². The van der Waals surface area contributed by atoms with Crippen molar-refractivity contribution < 1.29 is 23.4 Å². The van der Waals surface area contributed by atoms with Gasteiger partial charge in [0.15, 0.2) is 17.4 Å². The third-order valence-corrected chi connectivity index (χ3v) is 3.73. The van der Waals surface area contributed by atoms with Crippen LogP contribution < -0.4 is 10.1 Å². The number of methoxy groups -OCH3 is 1. The Morgan fingerprint density at radius 2 is 1.85 bits per heavy atom. The van der Waals surface area contributed by atoms with E-state index in [4.69, 9.17) is 0 Å². The highest BCUT2D eigenvalue weighted by molar-refractivity contribution is 5.95. The number of halogens is 2. The Hall–Kier alpha value is -2.51. The van der Waals surface area contributed by atoms with Crippen LogP contribution in [0.2, 0.25) is 0 Å². The predicted molar refractivity (Wildman–Crippen MR) is 95.2 cm³/mol. The molecule has 0 fully saturated rings. The van der Waals surface area contributed by atoms with Crippen LogP contribution in [0.1, 0.15) is 10.4 Å². The van der Waals surface area contributed by atoms with Gasteiger partial charge in [0, 0.05) is 18.7 Å². The zero-order valence-electron chi connectivity index (χ0n) is 14.9.